The van der Waals surface area contributed by atoms with Crippen LogP contribution < -0.4 is 19.5 Å². The van der Waals surface area contributed by atoms with Gasteiger partial charge in [-0.15, -0.1) is 0 Å². The molecule has 1 unspecified atom stereocenters. The van der Waals surface area contributed by atoms with E-state index >= 15 is 0 Å². The molecule has 1 aromatic carbocycles. The van der Waals surface area contributed by atoms with E-state index in [4.69, 9.17) is 14.2 Å². The number of nitrogens with zero attached hydrogens (tertiary/aromatic N) is 1. The number of benzene rings is 1. The van der Waals surface area contributed by atoms with Crippen molar-refractivity contribution in [1.82, 2.24) is 10.2 Å². The van der Waals surface area contributed by atoms with Gasteiger partial charge >= 0.3 is 6.03 Å². The van der Waals surface area contributed by atoms with Crippen molar-refractivity contribution < 1.29 is 28.9 Å². The Kier molecular flexibility index (Phi) is 4.71. The maximum atomic E-state index is 11.9. The Morgan fingerprint density at radius 1 is 1.18 bits per heavy atom. The van der Waals surface area contributed by atoms with E-state index in [0.29, 0.717) is 22.8 Å². The average molecular weight is 310 g/mol. The number of aliphatic hydroxyl groups excluding tert-OH is 1. The first-order valence-corrected chi connectivity index (χ1v) is 6.58. The Bertz CT molecular complexity index is 546. The zero-order valence-electron chi connectivity index (χ0n) is 12.6. The number of hydrogen-bond acceptors (Lipinski definition) is 6. The first kappa shape index (κ1) is 15.9. The summed E-state index contributed by atoms with van der Waals surface area (Å²) >= 11 is 0. The molecule has 8 heteroatoms. The molecule has 1 heterocycles. The first-order valence-electron chi connectivity index (χ1n) is 6.58. The van der Waals surface area contributed by atoms with Gasteiger partial charge in [-0.3, -0.25) is 9.69 Å². The number of carbonyl (C=O) groups excluding carboxylic acids is 2. The molecule has 1 aliphatic rings. The van der Waals surface area contributed by atoms with Gasteiger partial charge in [0.1, 0.15) is 6.23 Å². The van der Waals surface area contributed by atoms with Gasteiger partial charge < -0.3 is 24.6 Å². The number of aliphatic hydroxyl groups is 1. The second-order valence-electron chi connectivity index (χ2n) is 4.68. The highest BCUT2D eigenvalue weighted by Gasteiger charge is 2.31. The molecule has 0 radical (unpaired) electrons. The number of nitrogens with one attached hydrogen (secondary N) is 1. The summed E-state index contributed by atoms with van der Waals surface area (Å²) in [5.41, 5.74) is 0.634. The van der Waals surface area contributed by atoms with Gasteiger partial charge in [-0.05, 0) is 17.7 Å². The maximum Gasteiger partial charge on any atom is 0.326 e. The van der Waals surface area contributed by atoms with Crippen LogP contribution in [-0.2, 0) is 11.3 Å². The number of ether oxygens (including phenoxy) is 3. The van der Waals surface area contributed by atoms with Crippen LogP contribution in [0, 0.1) is 0 Å². The third kappa shape index (κ3) is 3.06. The van der Waals surface area contributed by atoms with E-state index in [1.54, 1.807) is 12.1 Å². The molecule has 0 saturated carbocycles. The van der Waals surface area contributed by atoms with E-state index in [0.717, 1.165) is 4.90 Å². The van der Waals surface area contributed by atoms with E-state index in [-0.39, 0.29) is 13.0 Å². The minimum atomic E-state index is -1.14. The van der Waals surface area contributed by atoms with Crippen LogP contribution in [0.25, 0.3) is 0 Å². The van der Waals surface area contributed by atoms with Gasteiger partial charge in [0.15, 0.2) is 11.5 Å². The lowest BCUT2D eigenvalue weighted by Gasteiger charge is -2.29. The fraction of sp³-hybridized carbons (Fsp3) is 0.429. The molecule has 120 valence electrons. The zero-order chi connectivity index (χ0) is 16.3. The number of rotatable bonds is 5. The minimum absolute atomic E-state index is 0.0358. The number of methoxy groups -OCH3 is 3. The van der Waals surface area contributed by atoms with Gasteiger partial charge in [0.05, 0.1) is 34.3 Å². The molecule has 2 N–H and O–H groups in total. The summed E-state index contributed by atoms with van der Waals surface area (Å²) in [5.74, 6) is 0.840. The molecule has 0 aliphatic carbocycles. The van der Waals surface area contributed by atoms with Crippen LogP contribution in [0.15, 0.2) is 12.1 Å². The number of amides is 3. The molecule has 1 aromatic rings. The van der Waals surface area contributed by atoms with Crippen molar-refractivity contribution in [3.8, 4) is 17.2 Å². The number of urea groups is 1. The normalized spacial score (nSPS) is 18.0. The second kappa shape index (κ2) is 6.52. The van der Waals surface area contributed by atoms with Crippen LogP contribution >= 0.6 is 0 Å². The number of carbonyl (C=O) groups is 2. The Morgan fingerprint density at radius 3 is 2.23 bits per heavy atom. The van der Waals surface area contributed by atoms with Crippen molar-refractivity contribution in [2.45, 2.75) is 19.2 Å². The molecule has 1 atom stereocenters. The van der Waals surface area contributed by atoms with Crippen molar-refractivity contribution in [3.63, 3.8) is 0 Å². The molecule has 0 spiro atoms. The summed E-state index contributed by atoms with van der Waals surface area (Å²) < 4.78 is 15.7. The van der Waals surface area contributed by atoms with Gasteiger partial charge in [0.25, 0.3) is 0 Å². The molecule has 8 nitrogen and oxygen atoms in total. The summed E-state index contributed by atoms with van der Waals surface area (Å²) in [7, 11) is 4.45. The summed E-state index contributed by atoms with van der Waals surface area (Å²) in [6, 6.07) is 2.68. The van der Waals surface area contributed by atoms with Crippen molar-refractivity contribution >= 4 is 11.9 Å². The van der Waals surface area contributed by atoms with Crippen LogP contribution in [-0.4, -0.2) is 49.5 Å². The Labute approximate surface area is 127 Å². The SMILES string of the molecule is COc1cc(CN2C(=O)CC(O)NC2=O)cc(OC)c1OC. The number of hydrogen-bond donors (Lipinski definition) is 2. The van der Waals surface area contributed by atoms with Gasteiger partial charge in [0.2, 0.25) is 11.7 Å². The molecule has 0 bridgehead atoms. The molecular weight excluding hydrogens is 292 g/mol. The molecule has 0 aromatic heterocycles. The van der Waals surface area contributed by atoms with Crippen LogP contribution in [0.1, 0.15) is 12.0 Å². The van der Waals surface area contributed by atoms with Crippen molar-refractivity contribution in [3.05, 3.63) is 17.7 Å². The van der Waals surface area contributed by atoms with E-state index in [9.17, 15) is 14.7 Å². The first-order chi connectivity index (χ1) is 10.5. The standard InChI is InChI=1S/C14H18N2O6/c1-20-9-4-8(5-10(21-2)13(9)22-3)7-16-12(18)6-11(17)15-14(16)19/h4-5,11,17H,6-7H2,1-3H3,(H,15,19). The third-order valence-electron chi connectivity index (χ3n) is 3.27. The molecular formula is C14H18N2O6. The zero-order valence-corrected chi connectivity index (χ0v) is 12.6. The van der Waals surface area contributed by atoms with Crippen molar-refractivity contribution in [1.29, 1.82) is 0 Å². The van der Waals surface area contributed by atoms with Crippen LogP contribution in [0.2, 0.25) is 0 Å². The predicted octanol–water partition coefficient (Wildman–Crippen LogP) is 0.473. The lowest BCUT2D eigenvalue weighted by atomic mass is 10.1. The fourth-order valence-electron chi connectivity index (χ4n) is 2.23. The lowest BCUT2D eigenvalue weighted by molar-refractivity contribution is -0.133. The molecule has 1 fully saturated rings. The molecule has 3 amide bonds. The highest BCUT2D eigenvalue weighted by Crippen LogP contribution is 2.38. The third-order valence-corrected chi connectivity index (χ3v) is 3.27. The summed E-state index contributed by atoms with van der Waals surface area (Å²) in [6.45, 7) is 0.0358. The Hall–Kier alpha value is -2.48. The van der Waals surface area contributed by atoms with Gasteiger partial charge in [-0.1, -0.05) is 0 Å². The molecule has 1 saturated heterocycles. The highest BCUT2D eigenvalue weighted by molar-refractivity contribution is 5.97. The van der Waals surface area contributed by atoms with Crippen LogP contribution in [0.4, 0.5) is 4.79 Å². The van der Waals surface area contributed by atoms with E-state index in [1.165, 1.54) is 21.3 Å². The summed E-state index contributed by atoms with van der Waals surface area (Å²) in [6.07, 6.45) is -1.30. The average Bonchev–Trinajstić information content (AvgIpc) is 2.49. The fourth-order valence-corrected chi connectivity index (χ4v) is 2.23. The lowest BCUT2D eigenvalue weighted by Crippen LogP contribution is -2.54. The largest absolute Gasteiger partial charge is 0.493 e. The topological polar surface area (TPSA) is 97.3 Å². The second-order valence-corrected chi connectivity index (χ2v) is 4.68. The maximum absolute atomic E-state index is 11.9. The summed E-state index contributed by atoms with van der Waals surface area (Å²) in [4.78, 5) is 24.7. The summed E-state index contributed by atoms with van der Waals surface area (Å²) in [5, 5.41) is 11.6. The van der Waals surface area contributed by atoms with Crippen LogP contribution in [0.3, 0.4) is 0 Å². The van der Waals surface area contributed by atoms with E-state index in [2.05, 4.69) is 5.32 Å². The smallest absolute Gasteiger partial charge is 0.326 e. The highest BCUT2D eigenvalue weighted by atomic mass is 16.5. The van der Waals surface area contributed by atoms with Crippen molar-refractivity contribution in [2.75, 3.05) is 21.3 Å². The van der Waals surface area contributed by atoms with Gasteiger partial charge in [0, 0.05) is 0 Å². The van der Waals surface area contributed by atoms with Crippen LogP contribution in [0.5, 0.6) is 17.2 Å². The monoisotopic (exact) mass is 310 g/mol. The van der Waals surface area contributed by atoms with Gasteiger partial charge in [-0.2, -0.15) is 0 Å². The van der Waals surface area contributed by atoms with Gasteiger partial charge in [-0.25, -0.2) is 4.79 Å². The molecule has 2 rings (SSSR count). The van der Waals surface area contributed by atoms with E-state index in [1.807, 2.05) is 0 Å². The minimum Gasteiger partial charge on any atom is -0.493 e. The molecule has 22 heavy (non-hydrogen) atoms. The predicted molar refractivity (Wildman–Crippen MR) is 75.8 cm³/mol. The Morgan fingerprint density at radius 2 is 1.77 bits per heavy atom. The Balaban J connectivity index is 2.29. The van der Waals surface area contributed by atoms with E-state index < -0.39 is 18.2 Å². The van der Waals surface area contributed by atoms with Crippen molar-refractivity contribution in [2.24, 2.45) is 0 Å². The molecule has 1 aliphatic heterocycles. The quantitative estimate of drug-likeness (QED) is 0.820. The number of imide groups is 1.